The predicted octanol–water partition coefficient (Wildman–Crippen LogP) is 7.65. The second-order valence-electron chi connectivity index (χ2n) is 15.7. The summed E-state index contributed by atoms with van der Waals surface area (Å²) in [5, 5.41) is 27.7. The molecule has 5 aromatic rings. The van der Waals surface area contributed by atoms with Gasteiger partial charge in [-0.2, -0.15) is 23.7 Å². The van der Waals surface area contributed by atoms with Crippen LogP contribution in [0.25, 0.3) is 22.0 Å². The number of fused-ring (bicyclic) bond motifs is 4. The van der Waals surface area contributed by atoms with Gasteiger partial charge in [-0.1, -0.05) is 23.6 Å². The summed E-state index contributed by atoms with van der Waals surface area (Å²) in [4.78, 5) is 31.9. The fourth-order valence-electron chi connectivity index (χ4n) is 7.93. The van der Waals surface area contributed by atoms with Gasteiger partial charge in [0.05, 0.1) is 34.2 Å². The van der Waals surface area contributed by atoms with Crippen LogP contribution >= 0.6 is 11.6 Å². The fraction of sp³-hybridized carbons (Fsp3) is 0.390. The van der Waals surface area contributed by atoms with Crippen LogP contribution in [0.2, 0.25) is 5.02 Å². The van der Waals surface area contributed by atoms with Crippen LogP contribution in [0, 0.1) is 29.4 Å². The molecule has 2 saturated carbocycles. The van der Waals surface area contributed by atoms with Crippen LogP contribution in [0.15, 0.2) is 42.5 Å². The van der Waals surface area contributed by atoms with Crippen LogP contribution in [0.4, 0.5) is 37.0 Å². The number of anilines is 1. The molecule has 308 valence electrons. The van der Waals surface area contributed by atoms with E-state index in [2.05, 4.69) is 38.0 Å². The molecule has 2 aromatic carbocycles. The van der Waals surface area contributed by atoms with Crippen LogP contribution in [-0.4, -0.2) is 59.8 Å². The summed E-state index contributed by atoms with van der Waals surface area (Å²) in [6.07, 6.45) is -1.41. The molecule has 11 nitrogen and oxygen atoms in total. The van der Waals surface area contributed by atoms with Crippen molar-refractivity contribution in [3.05, 3.63) is 93.0 Å². The van der Waals surface area contributed by atoms with E-state index in [1.165, 1.54) is 24.6 Å². The lowest BCUT2D eigenvalue weighted by molar-refractivity contribution is -0.115. The molecule has 59 heavy (non-hydrogen) atoms. The number of aryl methyl sites for hydroxylation is 1. The Labute approximate surface area is 338 Å². The molecule has 3 aromatic heterocycles. The van der Waals surface area contributed by atoms with Crippen LogP contribution < -0.4 is 16.0 Å². The molecule has 3 aliphatic rings. The minimum absolute atomic E-state index is 0.000629. The van der Waals surface area contributed by atoms with Crippen molar-refractivity contribution in [2.24, 2.45) is 13.0 Å². The first-order valence-corrected chi connectivity index (χ1v) is 19.3. The quantitative estimate of drug-likeness (QED) is 0.0838. The number of aliphatic hydroxyl groups is 1. The highest BCUT2D eigenvalue weighted by molar-refractivity contribution is 6.37. The molecule has 2 amide bonds. The number of halogens is 7. The number of amides is 2. The van der Waals surface area contributed by atoms with Crippen LogP contribution in [0.5, 0.6) is 0 Å². The van der Waals surface area contributed by atoms with Gasteiger partial charge >= 0.3 is 6.03 Å². The highest BCUT2D eigenvalue weighted by Gasteiger charge is 2.62. The van der Waals surface area contributed by atoms with E-state index in [9.17, 15) is 32.3 Å². The first kappa shape index (κ1) is 40.3. The van der Waals surface area contributed by atoms with Crippen molar-refractivity contribution in [2.45, 2.75) is 81.9 Å². The summed E-state index contributed by atoms with van der Waals surface area (Å²) in [5.74, 6) is -2.48. The molecule has 8 rings (SSSR count). The summed E-state index contributed by atoms with van der Waals surface area (Å²) in [7, 11) is 1.61. The molecule has 3 atom stereocenters. The van der Waals surface area contributed by atoms with E-state index in [0.29, 0.717) is 22.5 Å². The number of hydrogen-bond donors (Lipinski definition) is 4. The summed E-state index contributed by atoms with van der Waals surface area (Å²) < 4.78 is 91.4. The number of aromatic nitrogens is 5. The number of nitrogens with one attached hydrogen (secondary N) is 3. The number of pyridine rings is 1. The minimum atomic E-state index is -3.65. The molecule has 0 unspecified atom stereocenters. The summed E-state index contributed by atoms with van der Waals surface area (Å²) in [6, 6.07) is 6.49. The zero-order chi connectivity index (χ0) is 42.1. The van der Waals surface area contributed by atoms with Gasteiger partial charge in [-0.25, -0.2) is 27.3 Å². The Balaban J connectivity index is 1.29. The third kappa shape index (κ3) is 7.76. The van der Waals surface area contributed by atoms with Crippen molar-refractivity contribution in [2.75, 3.05) is 11.9 Å². The van der Waals surface area contributed by atoms with Gasteiger partial charge in [0.1, 0.15) is 34.3 Å². The standard InChI is InChI=1S/C41H37ClF6N8O3/c1-40(2,59)13-12-23-6-7-24(25-9-11-28(42)32-35(25)55(3)54-38(32)52-30(57)18-49-22-4-5-22)33(50-23)29(16-19-14-20(43)17-21(44)15-19)51-39(58)56-36-31(34(53-56)37(45)46)26-8-10-27(26)41(36,47)48/h6-7,9,11,14-15,17,22,26-27,29,37,49,59H,4-5,8,10,16,18H2,1-3H3,(H,51,58)(H,52,54,57)/t26-,27+,29-/m0/s1. The van der Waals surface area contributed by atoms with Crippen molar-refractivity contribution in [1.29, 1.82) is 0 Å². The van der Waals surface area contributed by atoms with Gasteiger partial charge in [0.15, 0.2) is 5.82 Å². The molecule has 0 bridgehead atoms. The molecule has 3 heterocycles. The predicted molar refractivity (Wildman–Crippen MR) is 205 cm³/mol. The van der Waals surface area contributed by atoms with Crippen molar-refractivity contribution in [3.8, 4) is 23.0 Å². The Morgan fingerprint density at radius 3 is 2.37 bits per heavy atom. The largest absolute Gasteiger partial charge is 0.378 e. The van der Waals surface area contributed by atoms with Gasteiger partial charge < -0.3 is 21.1 Å². The molecular formula is C41H37ClF6N8O3. The van der Waals surface area contributed by atoms with Gasteiger partial charge in [-0.05, 0) is 93.7 Å². The van der Waals surface area contributed by atoms with Crippen LogP contribution in [-0.2, 0) is 24.2 Å². The van der Waals surface area contributed by atoms with Gasteiger partial charge in [0.2, 0.25) is 5.91 Å². The lowest BCUT2D eigenvalue weighted by atomic mass is 9.73. The second-order valence-corrected chi connectivity index (χ2v) is 16.1. The number of carbonyl (C=O) groups excluding carboxylic acids is 2. The van der Waals surface area contributed by atoms with Crippen molar-refractivity contribution < 1.29 is 41.0 Å². The van der Waals surface area contributed by atoms with E-state index in [4.69, 9.17) is 16.6 Å². The lowest BCUT2D eigenvalue weighted by Crippen LogP contribution is -2.39. The van der Waals surface area contributed by atoms with E-state index in [-0.39, 0.29) is 74.9 Å². The first-order valence-electron chi connectivity index (χ1n) is 18.9. The lowest BCUT2D eigenvalue weighted by Gasteiger charge is -2.34. The second kappa shape index (κ2) is 15.0. The Morgan fingerprint density at radius 1 is 1.02 bits per heavy atom. The molecule has 3 aliphatic carbocycles. The van der Waals surface area contributed by atoms with Gasteiger partial charge in [0.25, 0.3) is 12.3 Å². The summed E-state index contributed by atoms with van der Waals surface area (Å²) >= 11 is 6.73. The zero-order valence-electron chi connectivity index (χ0n) is 31.8. The number of benzene rings is 2. The van der Waals surface area contributed by atoms with E-state index in [1.807, 2.05) is 0 Å². The smallest absolute Gasteiger partial charge is 0.343 e. The molecule has 0 spiro atoms. The highest BCUT2D eigenvalue weighted by atomic mass is 35.5. The third-order valence-electron chi connectivity index (χ3n) is 10.8. The molecule has 0 radical (unpaired) electrons. The number of rotatable bonds is 10. The van der Waals surface area contributed by atoms with Crippen LogP contribution in [0.1, 0.15) is 91.8 Å². The highest BCUT2D eigenvalue weighted by Crippen LogP contribution is 2.63. The fourth-order valence-corrected chi connectivity index (χ4v) is 8.17. The van der Waals surface area contributed by atoms with Gasteiger partial charge in [-0.15, -0.1) is 0 Å². The molecule has 18 heteroatoms. The molecule has 0 aliphatic heterocycles. The number of nitrogens with zero attached hydrogens (tertiary/aromatic N) is 5. The normalized spacial score (nSPS) is 18.5. The van der Waals surface area contributed by atoms with E-state index < -0.39 is 71.3 Å². The van der Waals surface area contributed by atoms with E-state index in [0.717, 1.165) is 25.0 Å². The molecule has 0 saturated heterocycles. The van der Waals surface area contributed by atoms with Crippen LogP contribution in [0.3, 0.4) is 0 Å². The summed E-state index contributed by atoms with van der Waals surface area (Å²) in [5.41, 5.74) is -2.51. The number of alkyl halides is 4. The molecular weight excluding hydrogens is 802 g/mol. The topological polar surface area (TPSA) is 139 Å². The first-order chi connectivity index (χ1) is 27.9. The average molecular weight is 839 g/mol. The van der Waals surface area contributed by atoms with E-state index >= 15 is 8.78 Å². The Bertz CT molecular complexity index is 2570. The van der Waals surface area contributed by atoms with Crippen molar-refractivity contribution in [1.82, 2.24) is 35.2 Å². The molecule has 2 fully saturated rings. The van der Waals surface area contributed by atoms with E-state index in [1.54, 1.807) is 25.2 Å². The number of carbonyl (C=O) groups is 2. The zero-order valence-corrected chi connectivity index (χ0v) is 32.6. The maximum absolute atomic E-state index is 15.9. The minimum Gasteiger partial charge on any atom is -0.378 e. The Hall–Kier alpha value is -5.44. The third-order valence-corrected chi connectivity index (χ3v) is 11.1. The monoisotopic (exact) mass is 838 g/mol. The van der Waals surface area contributed by atoms with Crippen molar-refractivity contribution in [3.63, 3.8) is 0 Å². The average Bonchev–Trinajstić information content (AvgIpc) is 3.75. The Kier molecular flexibility index (Phi) is 10.2. The maximum Gasteiger partial charge on any atom is 0.343 e. The SMILES string of the molecule is Cn1nc(NC(=O)CNC2CC2)c2c(Cl)ccc(-c3ccc(C#CC(C)(C)O)nc3[C@H](Cc3cc(F)cc(F)c3)NC(=O)n3nc(C(F)F)c4c3C(F)(F)[C@@H]3CC[C@H]43)c21. The molecule has 4 N–H and O–H groups in total. The van der Waals surface area contributed by atoms with Crippen molar-refractivity contribution >= 4 is 40.3 Å². The van der Waals surface area contributed by atoms with Gasteiger partial charge in [0, 0.05) is 41.8 Å². The number of hydrogen-bond acceptors (Lipinski definition) is 7. The van der Waals surface area contributed by atoms with Gasteiger partial charge in [-0.3, -0.25) is 9.48 Å². The summed E-state index contributed by atoms with van der Waals surface area (Å²) in [6.45, 7) is 2.93. The Morgan fingerprint density at radius 2 is 1.73 bits per heavy atom. The maximum atomic E-state index is 15.9.